The molecule has 4 heteroatoms. The van der Waals surface area contributed by atoms with Crippen molar-refractivity contribution in [2.75, 3.05) is 7.05 Å². The van der Waals surface area contributed by atoms with Crippen LogP contribution >= 0.6 is 22.9 Å². The third-order valence-corrected chi connectivity index (χ3v) is 4.68. The molecule has 1 aromatic carbocycles. The zero-order valence-corrected chi connectivity index (χ0v) is 13.2. The predicted molar refractivity (Wildman–Crippen MR) is 85.3 cm³/mol. The van der Waals surface area contributed by atoms with Gasteiger partial charge in [-0.2, -0.15) is 0 Å². The van der Waals surface area contributed by atoms with Gasteiger partial charge in [-0.15, -0.1) is 11.3 Å². The first-order valence-corrected chi connectivity index (χ1v) is 7.87. The first kappa shape index (κ1) is 15.1. The molecule has 1 amide bonds. The Balaban J connectivity index is 1.93. The third kappa shape index (κ3) is 3.84. The number of thiophene rings is 1. The largest absolute Gasteiger partial charge is 0.339 e. The van der Waals surface area contributed by atoms with Crippen LogP contribution in [-0.4, -0.2) is 17.9 Å². The summed E-state index contributed by atoms with van der Waals surface area (Å²) >= 11 is 7.58. The lowest BCUT2D eigenvalue weighted by Crippen LogP contribution is -2.29. The highest BCUT2D eigenvalue weighted by atomic mass is 35.5. The summed E-state index contributed by atoms with van der Waals surface area (Å²) in [5.41, 5.74) is 1.10. The van der Waals surface area contributed by atoms with Gasteiger partial charge in [0.05, 0.1) is 6.04 Å². The molecule has 106 valence electrons. The third-order valence-electron chi connectivity index (χ3n) is 3.49. The average molecular weight is 308 g/mol. The van der Waals surface area contributed by atoms with Crippen LogP contribution in [0, 0.1) is 0 Å². The maximum Gasteiger partial charge on any atom is 0.223 e. The number of carbonyl (C=O) groups excluding carboxylic acids is 1. The number of amides is 1. The predicted octanol–water partition coefficient (Wildman–Crippen LogP) is 4.55. The minimum Gasteiger partial charge on any atom is -0.339 e. The molecule has 0 bridgehead atoms. The summed E-state index contributed by atoms with van der Waals surface area (Å²) in [7, 11) is 1.86. The van der Waals surface area contributed by atoms with Crippen molar-refractivity contribution in [1.82, 2.24) is 4.90 Å². The summed E-state index contributed by atoms with van der Waals surface area (Å²) in [5, 5.41) is 2.76. The SMILES string of the molecule is CC(c1ccc(Cl)cc1)N(C)C(=O)CCc1cccs1. The lowest BCUT2D eigenvalue weighted by atomic mass is 10.1. The van der Waals surface area contributed by atoms with Crippen molar-refractivity contribution >= 4 is 28.8 Å². The van der Waals surface area contributed by atoms with Gasteiger partial charge < -0.3 is 4.90 Å². The zero-order valence-electron chi connectivity index (χ0n) is 11.7. The van der Waals surface area contributed by atoms with Gasteiger partial charge >= 0.3 is 0 Å². The van der Waals surface area contributed by atoms with E-state index in [-0.39, 0.29) is 11.9 Å². The Bertz CT molecular complexity index is 550. The van der Waals surface area contributed by atoms with Crippen molar-refractivity contribution in [3.8, 4) is 0 Å². The van der Waals surface area contributed by atoms with Crippen LogP contribution in [0.15, 0.2) is 41.8 Å². The van der Waals surface area contributed by atoms with Crippen LogP contribution in [0.1, 0.15) is 29.8 Å². The number of aryl methyl sites for hydroxylation is 1. The zero-order chi connectivity index (χ0) is 14.5. The van der Waals surface area contributed by atoms with Crippen molar-refractivity contribution in [1.29, 1.82) is 0 Å². The van der Waals surface area contributed by atoms with Gasteiger partial charge in [-0.3, -0.25) is 4.79 Å². The summed E-state index contributed by atoms with van der Waals surface area (Å²) in [4.78, 5) is 15.3. The highest BCUT2D eigenvalue weighted by molar-refractivity contribution is 7.09. The number of benzene rings is 1. The highest BCUT2D eigenvalue weighted by Crippen LogP contribution is 2.22. The molecule has 1 heterocycles. The van der Waals surface area contributed by atoms with Gasteiger partial charge in [0.1, 0.15) is 0 Å². The molecular formula is C16H18ClNOS. The van der Waals surface area contributed by atoms with E-state index < -0.39 is 0 Å². The van der Waals surface area contributed by atoms with Crippen LogP contribution < -0.4 is 0 Å². The Labute approximate surface area is 129 Å². The van der Waals surface area contributed by atoms with Crippen molar-refractivity contribution in [3.05, 3.63) is 57.2 Å². The van der Waals surface area contributed by atoms with Crippen LogP contribution in [0.4, 0.5) is 0 Å². The van der Waals surface area contributed by atoms with E-state index in [9.17, 15) is 4.79 Å². The van der Waals surface area contributed by atoms with Crippen molar-refractivity contribution in [2.24, 2.45) is 0 Å². The van der Waals surface area contributed by atoms with Crippen LogP contribution in [0.2, 0.25) is 5.02 Å². The van der Waals surface area contributed by atoms with Gasteiger partial charge in [-0.25, -0.2) is 0 Å². The lowest BCUT2D eigenvalue weighted by Gasteiger charge is -2.25. The van der Waals surface area contributed by atoms with Crippen LogP contribution in [0.3, 0.4) is 0 Å². The summed E-state index contributed by atoms with van der Waals surface area (Å²) in [6, 6.07) is 11.8. The standard InChI is InChI=1S/C16H18ClNOS/c1-12(13-5-7-14(17)8-6-13)18(2)16(19)10-9-15-4-3-11-20-15/h3-8,11-12H,9-10H2,1-2H3. The minimum atomic E-state index is 0.0584. The van der Waals surface area contributed by atoms with Crippen molar-refractivity contribution in [3.63, 3.8) is 0 Å². The molecule has 0 aliphatic heterocycles. The molecule has 2 nitrogen and oxygen atoms in total. The van der Waals surface area contributed by atoms with E-state index in [0.29, 0.717) is 11.4 Å². The Morgan fingerprint density at radius 1 is 1.30 bits per heavy atom. The first-order chi connectivity index (χ1) is 9.58. The fourth-order valence-electron chi connectivity index (χ4n) is 2.04. The van der Waals surface area contributed by atoms with E-state index in [1.54, 1.807) is 16.2 Å². The summed E-state index contributed by atoms with van der Waals surface area (Å²) in [5.74, 6) is 0.167. The molecule has 2 aromatic rings. The van der Waals surface area contributed by atoms with Crippen LogP contribution in [0.5, 0.6) is 0 Å². The molecule has 0 fully saturated rings. The van der Waals surface area contributed by atoms with Crippen LogP contribution in [0.25, 0.3) is 0 Å². The normalized spacial score (nSPS) is 12.2. The molecule has 0 aliphatic carbocycles. The van der Waals surface area contributed by atoms with Crippen molar-refractivity contribution < 1.29 is 4.79 Å². The quantitative estimate of drug-likeness (QED) is 0.793. The topological polar surface area (TPSA) is 20.3 Å². The molecule has 0 radical (unpaired) electrons. The number of halogens is 1. The minimum absolute atomic E-state index is 0.0584. The summed E-state index contributed by atoms with van der Waals surface area (Å²) < 4.78 is 0. The molecule has 1 aromatic heterocycles. The second-order valence-electron chi connectivity index (χ2n) is 4.81. The molecular weight excluding hydrogens is 290 g/mol. The van der Waals surface area contributed by atoms with E-state index in [1.807, 2.05) is 49.7 Å². The van der Waals surface area contributed by atoms with E-state index in [2.05, 4.69) is 6.07 Å². The Hall–Kier alpha value is -1.32. The summed E-state index contributed by atoms with van der Waals surface area (Å²) in [6.07, 6.45) is 1.36. The second-order valence-corrected chi connectivity index (χ2v) is 6.28. The van der Waals surface area contributed by atoms with Crippen molar-refractivity contribution in [2.45, 2.75) is 25.8 Å². The van der Waals surface area contributed by atoms with Crippen LogP contribution in [-0.2, 0) is 11.2 Å². The maximum absolute atomic E-state index is 12.2. The molecule has 20 heavy (non-hydrogen) atoms. The fraction of sp³-hybridized carbons (Fsp3) is 0.312. The molecule has 0 aliphatic rings. The average Bonchev–Trinajstić information content (AvgIpc) is 2.97. The van der Waals surface area contributed by atoms with Gasteiger partial charge in [-0.05, 0) is 42.5 Å². The van der Waals surface area contributed by atoms with Gasteiger partial charge in [-0.1, -0.05) is 29.8 Å². The number of hydrogen-bond donors (Lipinski definition) is 0. The van der Waals surface area contributed by atoms with E-state index in [1.165, 1.54) is 4.88 Å². The van der Waals surface area contributed by atoms with Gasteiger partial charge in [0.25, 0.3) is 0 Å². The number of carbonyl (C=O) groups is 1. The fourth-order valence-corrected chi connectivity index (χ4v) is 2.88. The van der Waals surface area contributed by atoms with E-state index in [4.69, 9.17) is 11.6 Å². The second kappa shape index (κ2) is 6.91. The summed E-state index contributed by atoms with van der Waals surface area (Å²) in [6.45, 7) is 2.03. The molecule has 2 rings (SSSR count). The maximum atomic E-state index is 12.2. The van der Waals surface area contributed by atoms with E-state index >= 15 is 0 Å². The Morgan fingerprint density at radius 3 is 2.60 bits per heavy atom. The number of hydrogen-bond acceptors (Lipinski definition) is 2. The Kier molecular flexibility index (Phi) is 5.21. The molecule has 0 N–H and O–H groups in total. The molecule has 0 saturated carbocycles. The smallest absolute Gasteiger partial charge is 0.223 e. The highest BCUT2D eigenvalue weighted by Gasteiger charge is 2.17. The molecule has 0 saturated heterocycles. The Morgan fingerprint density at radius 2 is 2.00 bits per heavy atom. The number of rotatable bonds is 5. The molecule has 1 unspecified atom stereocenters. The van der Waals surface area contributed by atoms with Gasteiger partial charge in [0.2, 0.25) is 5.91 Å². The number of nitrogens with zero attached hydrogens (tertiary/aromatic N) is 1. The molecule has 0 spiro atoms. The van der Waals surface area contributed by atoms with Gasteiger partial charge in [0.15, 0.2) is 0 Å². The molecule has 1 atom stereocenters. The lowest BCUT2D eigenvalue weighted by molar-refractivity contribution is -0.131. The monoisotopic (exact) mass is 307 g/mol. The van der Waals surface area contributed by atoms with Gasteiger partial charge in [0, 0.05) is 23.4 Å². The van der Waals surface area contributed by atoms with E-state index in [0.717, 1.165) is 12.0 Å². The first-order valence-electron chi connectivity index (χ1n) is 6.61.